The van der Waals surface area contributed by atoms with E-state index in [-0.39, 0.29) is 22.7 Å². The summed E-state index contributed by atoms with van der Waals surface area (Å²) in [6, 6.07) is 0. The molecule has 25 heavy (non-hydrogen) atoms. The van der Waals surface area contributed by atoms with E-state index in [1.54, 1.807) is 0 Å². The molecule has 0 aromatic carbocycles. The lowest BCUT2D eigenvalue weighted by Gasteiger charge is -2.63. The molecule has 0 bridgehead atoms. The van der Waals surface area contributed by atoms with Crippen LogP contribution >= 0.6 is 0 Å². The summed E-state index contributed by atoms with van der Waals surface area (Å²) in [6.07, 6.45) is 5.31. The summed E-state index contributed by atoms with van der Waals surface area (Å²) < 4.78 is 0. The first kappa shape index (κ1) is 15.6. The van der Waals surface area contributed by atoms with Gasteiger partial charge in [0.1, 0.15) is 5.78 Å². The van der Waals surface area contributed by atoms with Gasteiger partial charge in [-0.2, -0.15) is 0 Å². The third-order valence-electron chi connectivity index (χ3n) is 10.7. The number of aliphatic hydroxyl groups excluding tert-OH is 1. The number of fused-ring (bicyclic) bond motifs is 10. The zero-order valence-electron chi connectivity index (χ0n) is 15.7. The van der Waals surface area contributed by atoms with Crippen molar-refractivity contribution in [3.63, 3.8) is 0 Å². The molecule has 0 saturated heterocycles. The van der Waals surface area contributed by atoms with E-state index >= 15 is 0 Å². The third kappa shape index (κ3) is 1.50. The molecule has 3 nitrogen and oxygen atoms in total. The Hall–Kier alpha value is -0.410. The smallest absolute Gasteiger partial charge is 0.135 e. The minimum atomic E-state index is -0.762. The number of carbonyl (C=O) groups excluding carboxylic acids is 1. The molecular formula is C22H32O3. The van der Waals surface area contributed by atoms with Gasteiger partial charge in [0.25, 0.3) is 0 Å². The van der Waals surface area contributed by atoms with Gasteiger partial charge in [-0.25, -0.2) is 0 Å². The SMILES string of the molecule is CC1C2C3C4C5CC5C(O)C4(C)CCC3C3(C)CCC(=O)CC3(O)C12. The lowest BCUT2D eigenvalue weighted by Crippen LogP contribution is -2.64. The Bertz CT molecular complexity index is 674. The Balaban J connectivity index is 1.47. The molecule has 0 aromatic heterocycles. The molecule has 0 heterocycles. The molecule has 0 amide bonds. The van der Waals surface area contributed by atoms with Gasteiger partial charge in [-0.3, -0.25) is 4.79 Å². The van der Waals surface area contributed by atoms with Crippen molar-refractivity contribution in [3.05, 3.63) is 0 Å². The average Bonchev–Trinajstić information content (AvgIpc) is 3.43. The van der Waals surface area contributed by atoms with Crippen LogP contribution < -0.4 is 0 Å². The van der Waals surface area contributed by atoms with E-state index in [2.05, 4.69) is 20.8 Å². The van der Waals surface area contributed by atoms with E-state index in [1.165, 1.54) is 6.42 Å². The first-order chi connectivity index (χ1) is 11.7. The number of hydrogen-bond donors (Lipinski definition) is 2. The van der Waals surface area contributed by atoms with Crippen LogP contribution in [0.15, 0.2) is 0 Å². The van der Waals surface area contributed by atoms with Crippen molar-refractivity contribution < 1.29 is 15.0 Å². The molecule has 6 aliphatic rings. The molecule has 0 aromatic rings. The first-order valence-electron chi connectivity index (χ1n) is 10.7. The third-order valence-corrected chi connectivity index (χ3v) is 10.7. The van der Waals surface area contributed by atoms with Gasteiger partial charge in [0.15, 0.2) is 0 Å². The Kier molecular flexibility index (Phi) is 2.62. The summed E-state index contributed by atoms with van der Waals surface area (Å²) in [5.74, 6) is 4.89. The highest BCUT2D eigenvalue weighted by molar-refractivity contribution is 5.81. The predicted molar refractivity (Wildman–Crippen MR) is 93.5 cm³/mol. The Labute approximate surface area is 150 Å². The molecule has 0 spiro atoms. The fraction of sp³-hybridized carbons (Fsp3) is 0.955. The number of Topliss-reactive ketones (excluding diaryl/α,β-unsaturated/α-hetero) is 1. The van der Waals surface area contributed by atoms with E-state index in [4.69, 9.17) is 0 Å². The van der Waals surface area contributed by atoms with Gasteiger partial charge in [0.2, 0.25) is 0 Å². The van der Waals surface area contributed by atoms with E-state index in [1.807, 2.05) is 0 Å². The molecule has 0 radical (unpaired) electrons. The monoisotopic (exact) mass is 344 g/mol. The zero-order chi connectivity index (χ0) is 17.5. The van der Waals surface area contributed by atoms with Crippen molar-refractivity contribution in [1.29, 1.82) is 0 Å². The molecule has 0 aliphatic heterocycles. The molecule has 138 valence electrons. The summed E-state index contributed by atoms with van der Waals surface area (Å²) in [6.45, 7) is 6.99. The topological polar surface area (TPSA) is 57.5 Å². The van der Waals surface area contributed by atoms with Crippen LogP contribution in [0.3, 0.4) is 0 Å². The van der Waals surface area contributed by atoms with Gasteiger partial charge in [0.05, 0.1) is 11.7 Å². The van der Waals surface area contributed by atoms with Crippen LogP contribution in [0, 0.1) is 58.2 Å². The minimum Gasteiger partial charge on any atom is -0.392 e. The average molecular weight is 344 g/mol. The minimum absolute atomic E-state index is 0.0995. The summed E-state index contributed by atoms with van der Waals surface area (Å²) >= 11 is 0. The molecule has 6 aliphatic carbocycles. The molecule has 12 unspecified atom stereocenters. The van der Waals surface area contributed by atoms with Gasteiger partial charge < -0.3 is 10.2 Å². The summed E-state index contributed by atoms with van der Waals surface area (Å²) in [5.41, 5.74) is -0.754. The highest BCUT2D eigenvalue weighted by Crippen LogP contribution is 2.80. The van der Waals surface area contributed by atoms with Gasteiger partial charge >= 0.3 is 0 Å². The largest absolute Gasteiger partial charge is 0.392 e. The number of hydrogen-bond acceptors (Lipinski definition) is 3. The highest BCUT2D eigenvalue weighted by Gasteiger charge is 2.80. The second-order valence-electron chi connectivity index (χ2n) is 11.3. The van der Waals surface area contributed by atoms with E-state index < -0.39 is 5.60 Å². The lowest BCUT2D eigenvalue weighted by molar-refractivity contribution is -0.214. The van der Waals surface area contributed by atoms with Crippen LogP contribution in [0.25, 0.3) is 0 Å². The maximum absolute atomic E-state index is 12.2. The van der Waals surface area contributed by atoms with E-state index in [0.717, 1.165) is 25.2 Å². The normalized spacial score (nSPS) is 69.8. The Morgan fingerprint density at radius 2 is 1.84 bits per heavy atom. The van der Waals surface area contributed by atoms with Crippen molar-refractivity contribution in [2.45, 2.75) is 71.0 Å². The van der Waals surface area contributed by atoms with Crippen LogP contribution in [0.2, 0.25) is 0 Å². The zero-order valence-corrected chi connectivity index (χ0v) is 15.7. The summed E-state index contributed by atoms with van der Waals surface area (Å²) in [5, 5.41) is 22.7. The van der Waals surface area contributed by atoms with Crippen molar-refractivity contribution in [3.8, 4) is 0 Å². The fourth-order valence-electron chi connectivity index (χ4n) is 9.44. The van der Waals surface area contributed by atoms with E-state index in [0.29, 0.717) is 54.3 Å². The molecule has 6 fully saturated rings. The van der Waals surface area contributed by atoms with Crippen molar-refractivity contribution in [2.24, 2.45) is 58.2 Å². The van der Waals surface area contributed by atoms with Crippen molar-refractivity contribution in [1.82, 2.24) is 0 Å². The summed E-state index contributed by atoms with van der Waals surface area (Å²) in [7, 11) is 0. The van der Waals surface area contributed by atoms with Crippen molar-refractivity contribution >= 4 is 5.78 Å². The van der Waals surface area contributed by atoms with Gasteiger partial charge in [-0.1, -0.05) is 20.8 Å². The molecule has 2 N–H and O–H groups in total. The van der Waals surface area contributed by atoms with Gasteiger partial charge in [-0.15, -0.1) is 0 Å². The quantitative estimate of drug-likeness (QED) is 0.710. The Morgan fingerprint density at radius 3 is 2.60 bits per heavy atom. The summed E-state index contributed by atoms with van der Waals surface area (Å²) in [4.78, 5) is 12.2. The van der Waals surface area contributed by atoms with Crippen LogP contribution in [-0.2, 0) is 4.79 Å². The van der Waals surface area contributed by atoms with Gasteiger partial charge in [0, 0.05) is 18.3 Å². The first-order valence-corrected chi connectivity index (χ1v) is 10.7. The van der Waals surface area contributed by atoms with Crippen LogP contribution in [0.5, 0.6) is 0 Å². The maximum Gasteiger partial charge on any atom is 0.135 e. The van der Waals surface area contributed by atoms with Crippen LogP contribution in [0.4, 0.5) is 0 Å². The van der Waals surface area contributed by atoms with E-state index in [9.17, 15) is 15.0 Å². The fourth-order valence-corrected chi connectivity index (χ4v) is 9.44. The molecule has 6 rings (SSSR count). The molecular weight excluding hydrogens is 312 g/mol. The Morgan fingerprint density at radius 1 is 1.08 bits per heavy atom. The van der Waals surface area contributed by atoms with Gasteiger partial charge in [-0.05, 0) is 78.4 Å². The number of aliphatic hydroxyl groups is 2. The molecule has 6 saturated carbocycles. The lowest BCUT2D eigenvalue weighted by atomic mass is 9.43. The number of rotatable bonds is 0. The second-order valence-corrected chi connectivity index (χ2v) is 11.3. The molecule has 3 heteroatoms. The maximum atomic E-state index is 12.2. The highest BCUT2D eigenvalue weighted by atomic mass is 16.3. The predicted octanol–water partition coefficient (Wildman–Crippen LogP) is 3.03. The van der Waals surface area contributed by atoms with Crippen LogP contribution in [0.1, 0.15) is 59.3 Å². The van der Waals surface area contributed by atoms with Crippen LogP contribution in [-0.4, -0.2) is 27.7 Å². The second kappa shape index (κ2) is 4.19. The standard InChI is InChI=1S/C22H32O3/c1-10-15-16-14(5-6-20(2)18(16)12-8-13(12)19(20)24)21(3)7-4-11(23)9-22(21,25)17(10)15/h10,12-19,24-25H,4-9H2,1-3H3. The number of ketones is 1. The molecule has 12 atom stereocenters. The number of carbonyl (C=O) groups is 1. The van der Waals surface area contributed by atoms with Crippen molar-refractivity contribution in [2.75, 3.05) is 0 Å².